The average Bonchev–Trinajstić information content (AvgIpc) is 2.39. The van der Waals surface area contributed by atoms with Crippen molar-refractivity contribution in [2.45, 2.75) is 19.0 Å². The molecule has 1 aromatic rings. The molecule has 0 saturated carbocycles. The van der Waals surface area contributed by atoms with Gasteiger partial charge in [-0.05, 0) is 12.1 Å². The smallest absolute Gasteiger partial charge is 0.0599 e. The van der Waals surface area contributed by atoms with Crippen molar-refractivity contribution in [1.82, 2.24) is 10.2 Å². The molecule has 3 nitrogen and oxygen atoms in total. The monoisotopic (exact) mass is 220 g/mol. The number of rotatable bonds is 3. The number of hydrogen-bond acceptors (Lipinski definition) is 3. The van der Waals surface area contributed by atoms with Crippen LogP contribution in [0, 0.1) is 0 Å². The first-order chi connectivity index (χ1) is 7.85. The number of piperazine rings is 1. The summed E-state index contributed by atoms with van der Waals surface area (Å²) in [6, 6.07) is 11.2. The lowest BCUT2D eigenvalue weighted by molar-refractivity contribution is 0.0854. The van der Waals surface area contributed by atoms with Crippen LogP contribution in [0.3, 0.4) is 0 Å². The van der Waals surface area contributed by atoms with E-state index in [1.165, 1.54) is 5.56 Å². The molecule has 2 unspecified atom stereocenters. The fourth-order valence-electron chi connectivity index (χ4n) is 2.33. The molecule has 88 valence electrons. The van der Waals surface area contributed by atoms with Gasteiger partial charge in [0.25, 0.3) is 0 Å². The van der Waals surface area contributed by atoms with Crippen molar-refractivity contribution in [3.8, 4) is 0 Å². The van der Waals surface area contributed by atoms with Crippen molar-refractivity contribution in [2.75, 3.05) is 26.2 Å². The highest BCUT2D eigenvalue weighted by Crippen LogP contribution is 2.19. The zero-order valence-electron chi connectivity index (χ0n) is 9.76. The summed E-state index contributed by atoms with van der Waals surface area (Å²) in [6.07, 6.45) is 0. The number of nitrogens with one attached hydrogen (secondary N) is 1. The highest BCUT2D eigenvalue weighted by Gasteiger charge is 2.26. The van der Waals surface area contributed by atoms with Gasteiger partial charge in [0.1, 0.15) is 0 Å². The summed E-state index contributed by atoms with van der Waals surface area (Å²) >= 11 is 0. The van der Waals surface area contributed by atoms with Crippen LogP contribution < -0.4 is 5.32 Å². The van der Waals surface area contributed by atoms with Gasteiger partial charge >= 0.3 is 0 Å². The maximum atomic E-state index is 9.27. The summed E-state index contributed by atoms with van der Waals surface area (Å²) < 4.78 is 0. The Hall–Kier alpha value is -0.900. The van der Waals surface area contributed by atoms with E-state index < -0.39 is 0 Å². The van der Waals surface area contributed by atoms with E-state index in [2.05, 4.69) is 41.4 Å². The first kappa shape index (κ1) is 11.6. The summed E-state index contributed by atoms with van der Waals surface area (Å²) in [5, 5.41) is 12.8. The third-order valence-electron chi connectivity index (χ3n) is 3.35. The molecule has 2 N–H and O–H groups in total. The number of aliphatic hydroxyl groups is 1. The Morgan fingerprint density at radius 2 is 2.12 bits per heavy atom. The zero-order valence-corrected chi connectivity index (χ0v) is 9.76. The molecule has 0 aliphatic carbocycles. The highest BCUT2D eigenvalue weighted by molar-refractivity contribution is 5.20. The van der Waals surface area contributed by atoms with Crippen LogP contribution in [0.5, 0.6) is 0 Å². The third kappa shape index (κ3) is 2.43. The quantitative estimate of drug-likeness (QED) is 0.798. The van der Waals surface area contributed by atoms with E-state index >= 15 is 0 Å². The van der Waals surface area contributed by atoms with Gasteiger partial charge in [-0.1, -0.05) is 37.3 Å². The number of nitrogens with zero attached hydrogens (tertiary/aromatic N) is 1. The van der Waals surface area contributed by atoms with Crippen LogP contribution in [0.25, 0.3) is 0 Å². The van der Waals surface area contributed by atoms with Gasteiger partial charge in [0.2, 0.25) is 0 Å². The minimum absolute atomic E-state index is 0.238. The van der Waals surface area contributed by atoms with Crippen LogP contribution in [0.1, 0.15) is 18.5 Å². The fraction of sp³-hybridized carbons (Fsp3) is 0.538. The lowest BCUT2D eigenvalue weighted by Crippen LogP contribution is -2.54. The maximum absolute atomic E-state index is 9.27. The molecule has 0 bridgehead atoms. The molecule has 2 atom stereocenters. The molecule has 0 radical (unpaired) electrons. The minimum atomic E-state index is 0.238. The van der Waals surface area contributed by atoms with E-state index in [1.807, 2.05) is 6.07 Å². The van der Waals surface area contributed by atoms with Crippen LogP contribution in [-0.4, -0.2) is 42.3 Å². The van der Waals surface area contributed by atoms with Crippen LogP contribution in [-0.2, 0) is 0 Å². The first-order valence-electron chi connectivity index (χ1n) is 5.98. The van der Waals surface area contributed by atoms with Crippen molar-refractivity contribution < 1.29 is 5.11 Å². The van der Waals surface area contributed by atoms with E-state index in [9.17, 15) is 5.11 Å². The number of likely N-dealkylation sites (N-methyl/N-ethyl adjacent to an activating group) is 1. The minimum Gasteiger partial charge on any atom is -0.395 e. The zero-order chi connectivity index (χ0) is 11.4. The molecule has 1 aromatic carbocycles. The van der Waals surface area contributed by atoms with Gasteiger partial charge in [-0.2, -0.15) is 0 Å². The Kier molecular flexibility index (Phi) is 3.93. The van der Waals surface area contributed by atoms with E-state index in [1.54, 1.807) is 0 Å². The van der Waals surface area contributed by atoms with E-state index in [0.717, 1.165) is 19.6 Å². The predicted molar refractivity (Wildman–Crippen MR) is 65.3 cm³/mol. The summed E-state index contributed by atoms with van der Waals surface area (Å²) in [4.78, 5) is 2.34. The number of hydrogen-bond donors (Lipinski definition) is 2. The van der Waals surface area contributed by atoms with E-state index in [0.29, 0.717) is 6.04 Å². The fourth-order valence-corrected chi connectivity index (χ4v) is 2.33. The molecule has 0 amide bonds. The Morgan fingerprint density at radius 3 is 2.75 bits per heavy atom. The van der Waals surface area contributed by atoms with Crippen LogP contribution in [0.2, 0.25) is 0 Å². The second-order valence-electron chi connectivity index (χ2n) is 4.30. The Labute approximate surface area is 97.1 Å². The van der Waals surface area contributed by atoms with Crippen LogP contribution in [0.4, 0.5) is 0 Å². The van der Waals surface area contributed by atoms with Gasteiger partial charge in [0.15, 0.2) is 0 Å². The Balaban J connectivity index is 2.05. The van der Waals surface area contributed by atoms with Crippen LogP contribution in [0.15, 0.2) is 30.3 Å². The average molecular weight is 220 g/mol. The summed E-state index contributed by atoms with van der Waals surface area (Å²) in [5.74, 6) is 0. The highest BCUT2D eigenvalue weighted by atomic mass is 16.3. The molecular weight excluding hydrogens is 200 g/mol. The molecule has 0 spiro atoms. The van der Waals surface area contributed by atoms with E-state index in [4.69, 9.17) is 0 Å². The van der Waals surface area contributed by atoms with Crippen molar-refractivity contribution in [1.29, 1.82) is 0 Å². The topological polar surface area (TPSA) is 35.5 Å². The van der Waals surface area contributed by atoms with Gasteiger partial charge < -0.3 is 10.4 Å². The van der Waals surface area contributed by atoms with E-state index in [-0.39, 0.29) is 12.6 Å². The molecule has 1 heterocycles. The molecule has 1 fully saturated rings. The van der Waals surface area contributed by atoms with Gasteiger partial charge in [-0.15, -0.1) is 0 Å². The summed E-state index contributed by atoms with van der Waals surface area (Å²) in [6.45, 7) is 5.23. The molecular formula is C13H20N2O. The lowest BCUT2D eigenvalue weighted by Gasteiger charge is -2.39. The number of aliphatic hydroxyl groups excluding tert-OH is 1. The predicted octanol–water partition coefficient (Wildman–Crippen LogP) is 1.01. The van der Waals surface area contributed by atoms with Crippen LogP contribution >= 0.6 is 0 Å². The third-order valence-corrected chi connectivity index (χ3v) is 3.35. The van der Waals surface area contributed by atoms with Gasteiger partial charge in [-0.3, -0.25) is 4.90 Å². The number of benzene rings is 1. The van der Waals surface area contributed by atoms with Crippen molar-refractivity contribution in [3.05, 3.63) is 35.9 Å². The van der Waals surface area contributed by atoms with Gasteiger partial charge in [0.05, 0.1) is 6.61 Å². The molecule has 1 aliphatic heterocycles. The second-order valence-corrected chi connectivity index (χ2v) is 4.30. The Bertz CT molecular complexity index is 315. The second kappa shape index (κ2) is 5.43. The standard InChI is InChI=1S/C13H20N2O/c1-2-15-9-13(14-8-12(15)10-16)11-6-4-3-5-7-11/h3-7,12-14,16H,2,8-10H2,1H3. The summed E-state index contributed by atoms with van der Waals surface area (Å²) in [7, 11) is 0. The lowest BCUT2D eigenvalue weighted by atomic mass is 10.0. The molecule has 2 rings (SSSR count). The van der Waals surface area contributed by atoms with Crippen molar-refractivity contribution in [2.24, 2.45) is 0 Å². The normalized spacial score (nSPS) is 26.9. The summed E-state index contributed by atoms with van der Waals surface area (Å²) in [5.41, 5.74) is 1.33. The van der Waals surface area contributed by atoms with Gasteiger partial charge in [0, 0.05) is 25.2 Å². The largest absolute Gasteiger partial charge is 0.395 e. The molecule has 3 heteroatoms. The first-order valence-corrected chi connectivity index (χ1v) is 5.98. The Morgan fingerprint density at radius 1 is 1.38 bits per heavy atom. The molecule has 16 heavy (non-hydrogen) atoms. The maximum Gasteiger partial charge on any atom is 0.0599 e. The molecule has 1 aliphatic rings. The molecule has 0 aromatic heterocycles. The molecule has 1 saturated heterocycles. The SMILES string of the molecule is CCN1CC(c2ccccc2)NCC1CO. The van der Waals surface area contributed by atoms with Gasteiger partial charge in [-0.25, -0.2) is 0 Å². The van der Waals surface area contributed by atoms with Crippen molar-refractivity contribution >= 4 is 0 Å². The van der Waals surface area contributed by atoms with Crippen molar-refractivity contribution in [3.63, 3.8) is 0 Å².